The SMILES string of the molecule is COc1ccc(B(O)O)c(COC2COC2)c1. The third-order valence-electron chi connectivity index (χ3n) is 2.71. The molecule has 5 nitrogen and oxygen atoms in total. The van der Waals surface area contributed by atoms with E-state index >= 15 is 0 Å². The first kappa shape index (κ1) is 12.4. The van der Waals surface area contributed by atoms with E-state index in [1.54, 1.807) is 25.3 Å². The number of benzene rings is 1. The second-order valence-corrected chi connectivity index (χ2v) is 3.91. The molecule has 17 heavy (non-hydrogen) atoms. The Bertz CT molecular complexity index is 378. The average molecular weight is 238 g/mol. The topological polar surface area (TPSA) is 68.2 Å². The van der Waals surface area contributed by atoms with E-state index in [9.17, 15) is 10.0 Å². The van der Waals surface area contributed by atoms with Crippen molar-refractivity contribution < 1.29 is 24.3 Å². The standard InChI is InChI=1S/C11H15BO5/c1-15-9-2-3-11(12(13)14)8(4-9)5-17-10-6-16-7-10/h2-4,10,13-14H,5-7H2,1H3. The largest absolute Gasteiger partial charge is 0.497 e. The van der Waals surface area contributed by atoms with Gasteiger partial charge in [-0.2, -0.15) is 0 Å². The van der Waals surface area contributed by atoms with E-state index in [1.807, 2.05) is 0 Å². The maximum Gasteiger partial charge on any atom is 0.488 e. The Hall–Kier alpha value is -1.08. The van der Waals surface area contributed by atoms with E-state index in [0.717, 1.165) is 0 Å². The van der Waals surface area contributed by atoms with Gasteiger partial charge < -0.3 is 24.3 Å². The fourth-order valence-electron chi connectivity index (χ4n) is 1.60. The first-order chi connectivity index (χ1) is 8.20. The van der Waals surface area contributed by atoms with Gasteiger partial charge in [-0.1, -0.05) is 6.07 Å². The highest BCUT2D eigenvalue weighted by atomic mass is 16.6. The lowest BCUT2D eigenvalue weighted by atomic mass is 9.77. The van der Waals surface area contributed by atoms with Crippen molar-refractivity contribution in [1.29, 1.82) is 0 Å². The molecule has 0 aliphatic carbocycles. The van der Waals surface area contributed by atoms with Gasteiger partial charge in [0, 0.05) is 0 Å². The monoisotopic (exact) mass is 238 g/mol. The molecule has 1 aromatic rings. The summed E-state index contributed by atoms with van der Waals surface area (Å²) in [6, 6.07) is 5.05. The van der Waals surface area contributed by atoms with Gasteiger partial charge in [-0.05, 0) is 23.2 Å². The van der Waals surface area contributed by atoms with Gasteiger partial charge in [-0.25, -0.2) is 0 Å². The van der Waals surface area contributed by atoms with E-state index in [0.29, 0.717) is 36.6 Å². The minimum absolute atomic E-state index is 0.102. The molecule has 0 amide bonds. The molecule has 92 valence electrons. The molecule has 1 aliphatic rings. The molecule has 1 saturated heterocycles. The highest BCUT2D eigenvalue weighted by Gasteiger charge is 2.21. The van der Waals surface area contributed by atoms with Crippen molar-refractivity contribution in [3.8, 4) is 5.75 Å². The zero-order valence-electron chi connectivity index (χ0n) is 9.63. The molecular weight excluding hydrogens is 223 g/mol. The quantitative estimate of drug-likeness (QED) is 0.663. The van der Waals surface area contributed by atoms with Crippen molar-refractivity contribution >= 4 is 12.6 Å². The van der Waals surface area contributed by atoms with Crippen LogP contribution in [0.2, 0.25) is 0 Å². The third kappa shape index (κ3) is 2.98. The first-order valence-corrected chi connectivity index (χ1v) is 5.43. The van der Waals surface area contributed by atoms with Crippen LogP contribution in [0.3, 0.4) is 0 Å². The summed E-state index contributed by atoms with van der Waals surface area (Å²) in [5, 5.41) is 18.5. The highest BCUT2D eigenvalue weighted by molar-refractivity contribution is 6.59. The minimum Gasteiger partial charge on any atom is -0.497 e. The van der Waals surface area contributed by atoms with Crippen LogP contribution in [-0.2, 0) is 16.1 Å². The molecule has 2 rings (SSSR count). The van der Waals surface area contributed by atoms with Gasteiger partial charge >= 0.3 is 7.12 Å². The summed E-state index contributed by atoms with van der Waals surface area (Å²) in [7, 11) is 0.0616. The van der Waals surface area contributed by atoms with Crippen LogP contribution < -0.4 is 10.2 Å². The van der Waals surface area contributed by atoms with E-state index < -0.39 is 7.12 Å². The number of ether oxygens (including phenoxy) is 3. The second kappa shape index (κ2) is 5.51. The lowest BCUT2D eigenvalue weighted by Gasteiger charge is -2.26. The van der Waals surface area contributed by atoms with Crippen LogP contribution in [0.4, 0.5) is 0 Å². The van der Waals surface area contributed by atoms with Gasteiger partial charge in [0.05, 0.1) is 26.9 Å². The summed E-state index contributed by atoms with van der Waals surface area (Å²) in [6.45, 7) is 1.51. The van der Waals surface area contributed by atoms with Gasteiger partial charge in [-0.3, -0.25) is 0 Å². The molecule has 0 spiro atoms. The predicted octanol–water partition coefficient (Wildman–Crippen LogP) is -0.710. The van der Waals surface area contributed by atoms with Crippen LogP contribution in [0, 0.1) is 0 Å². The molecule has 0 radical (unpaired) electrons. The van der Waals surface area contributed by atoms with Crippen molar-refractivity contribution in [2.24, 2.45) is 0 Å². The van der Waals surface area contributed by atoms with E-state index in [1.165, 1.54) is 0 Å². The number of hydrogen-bond donors (Lipinski definition) is 2. The summed E-state index contributed by atoms with van der Waals surface area (Å²) in [4.78, 5) is 0. The van der Waals surface area contributed by atoms with Gasteiger partial charge in [0.1, 0.15) is 11.9 Å². The van der Waals surface area contributed by atoms with Crippen LogP contribution in [0.5, 0.6) is 5.75 Å². The third-order valence-corrected chi connectivity index (χ3v) is 2.71. The number of methoxy groups -OCH3 is 1. The normalized spacial score (nSPS) is 15.5. The summed E-state index contributed by atoms with van der Waals surface area (Å²) < 4.78 is 15.6. The smallest absolute Gasteiger partial charge is 0.488 e. The summed E-state index contributed by atoms with van der Waals surface area (Å²) in [5.41, 5.74) is 1.15. The summed E-state index contributed by atoms with van der Waals surface area (Å²) in [6.07, 6.45) is 0.102. The fourth-order valence-corrected chi connectivity index (χ4v) is 1.60. The first-order valence-electron chi connectivity index (χ1n) is 5.43. The molecule has 1 aromatic carbocycles. The summed E-state index contributed by atoms with van der Waals surface area (Å²) in [5.74, 6) is 0.665. The second-order valence-electron chi connectivity index (χ2n) is 3.91. The van der Waals surface area contributed by atoms with E-state index in [4.69, 9.17) is 14.2 Å². The Labute approximate surface area is 100 Å². The van der Waals surface area contributed by atoms with Gasteiger partial charge in [0.2, 0.25) is 0 Å². The average Bonchev–Trinajstić information content (AvgIpc) is 2.26. The Balaban J connectivity index is 2.09. The number of rotatable bonds is 5. The van der Waals surface area contributed by atoms with Gasteiger partial charge in [-0.15, -0.1) is 0 Å². The van der Waals surface area contributed by atoms with Crippen molar-refractivity contribution in [1.82, 2.24) is 0 Å². The highest BCUT2D eigenvalue weighted by Crippen LogP contribution is 2.14. The molecule has 0 bridgehead atoms. The molecule has 1 aliphatic heterocycles. The zero-order chi connectivity index (χ0) is 12.3. The Morgan fingerprint density at radius 2 is 2.18 bits per heavy atom. The van der Waals surface area contributed by atoms with Crippen molar-refractivity contribution in [2.45, 2.75) is 12.7 Å². The van der Waals surface area contributed by atoms with E-state index in [2.05, 4.69) is 0 Å². The van der Waals surface area contributed by atoms with Crippen LogP contribution in [-0.4, -0.2) is 43.6 Å². The maximum absolute atomic E-state index is 9.24. The molecule has 2 N–H and O–H groups in total. The zero-order valence-corrected chi connectivity index (χ0v) is 9.63. The van der Waals surface area contributed by atoms with Crippen LogP contribution in [0.15, 0.2) is 18.2 Å². The molecule has 0 aromatic heterocycles. The minimum atomic E-state index is -1.50. The summed E-state index contributed by atoms with van der Waals surface area (Å²) >= 11 is 0. The van der Waals surface area contributed by atoms with Crippen molar-refractivity contribution in [3.63, 3.8) is 0 Å². The van der Waals surface area contributed by atoms with Crippen LogP contribution in [0.25, 0.3) is 0 Å². The lowest BCUT2D eigenvalue weighted by molar-refractivity contribution is -0.135. The van der Waals surface area contributed by atoms with Crippen molar-refractivity contribution in [3.05, 3.63) is 23.8 Å². The molecule has 0 atom stereocenters. The Morgan fingerprint density at radius 3 is 2.71 bits per heavy atom. The fraction of sp³-hybridized carbons (Fsp3) is 0.455. The van der Waals surface area contributed by atoms with Crippen LogP contribution >= 0.6 is 0 Å². The molecule has 6 heteroatoms. The van der Waals surface area contributed by atoms with Crippen LogP contribution in [0.1, 0.15) is 5.56 Å². The Kier molecular flexibility index (Phi) is 4.01. The van der Waals surface area contributed by atoms with E-state index in [-0.39, 0.29) is 6.10 Å². The molecule has 1 fully saturated rings. The molecule has 0 unspecified atom stereocenters. The lowest BCUT2D eigenvalue weighted by Crippen LogP contribution is -2.38. The van der Waals surface area contributed by atoms with Crippen molar-refractivity contribution in [2.75, 3.05) is 20.3 Å². The molecule has 1 heterocycles. The molecular formula is C11H15BO5. The predicted molar refractivity (Wildman–Crippen MR) is 62.2 cm³/mol. The van der Waals surface area contributed by atoms with Gasteiger partial charge in [0.15, 0.2) is 0 Å². The number of hydrogen-bond acceptors (Lipinski definition) is 5. The molecule has 0 saturated carbocycles. The Morgan fingerprint density at radius 1 is 1.41 bits per heavy atom. The maximum atomic E-state index is 9.24. The van der Waals surface area contributed by atoms with Gasteiger partial charge in [0.25, 0.3) is 0 Å².